The number of amides is 1. The van der Waals surface area contributed by atoms with E-state index in [2.05, 4.69) is 9.93 Å². The highest BCUT2D eigenvalue weighted by Gasteiger charge is 2.29. The summed E-state index contributed by atoms with van der Waals surface area (Å²) in [4.78, 5) is 16.3. The molecule has 1 aliphatic heterocycles. The monoisotopic (exact) mass is 381 g/mol. The number of hydrogen-bond acceptors (Lipinski definition) is 5. The molecule has 7 nitrogen and oxygen atoms in total. The average Bonchev–Trinajstić information content (AvgIpc) is 2.52. The molecule has 26 heavy (non-hydrogen) atoms. The zero-order valence-electron chi connectivity index (χ0n) is 15.9. The van der Waals surface area contributed by atoms with Crippen molar-refractivity contribution in [3.8, 4) is 0 Å². The Kier molecular flexibility index (Phi) is 5.95. The van der Waals surface area contributed by atoms with E-state index in [1.54, 1.807) is 29.2 Å². The average molecular weight is 381 g/mol. The topological polar surface area (TPSA) is 88.1 Å². The Labute approximate surface area is 155 Å². The lowest BCUT2D eigenvalue weighted by molar-refractivity contribution is 0.0228. The molecule has 1 N–H and O–H groups in total. The van der Waals surface area contributed by atoms with Crippen molar-refractivity contribution in [2.75, 3.05) is 13.1 Å². The molecule has 1 saturated heterocycles. The molecule has 2 rings (SSSR count). The van der Waals surface area contributed by atoms with Gasteiger partial charge < -0.3 is 9.64 Å². The molecular formula is C18H27N3O4S. The number of carbonyl (C=O) groups excluding carboxylic acids is 1. The SMILES string of the molecule is Cc1ccc(S(=O)(=O)NN=C2CCN(C(=O)OC(C)(C)C)CC2C)cc1. The second kappa shape index (κ2) is 7.65. The van der Waals surface area contributed by atoms with Gasteiger partial charge in [-0.05, 0) is 39.8 Å². The van der Waals surface area contributed by atoms with Gasteiger partial charge in [0, 0.05) is 31.1 Å². The van der Waals surface area contributed by atoms with Crippen molar-refractivity contribution in [1.82, 2.24) is 9.73 Å². The number of sulfonamides is 1. The Hall–Kier alpha value is -2.09. The molecule has 1 aromatic carbocycles. The van der Waals surface area contributed by atoms with Crippen molar-refractivity contribution in [2.45, 2.75) is 51.5 Å². The number of rotatable bonds is 3. The van der Waals surface area contributed by atoms with Crippen LogP contribution in [0.4, 0.5) is 4.79 Å². The molecule has 0 radical (unpaired) electrons. The second-order valence-corrected chi connectivity index (χ2v) is 9.25. The van der Waals surface area contributed by atoms with Gasteiger partial charge in [-0.25, -0.2) is 9.63 Å². The lowest BCUT2D eigenvalue weighted by atomic mass is 9.98. The second-order valence-electron chi connectivity index (χ2n) is 7.59. The quantitative estimate of drug-likeness (QED) is 0.816. The molecule has 8 heteroatoms. The number of aryl methyl sites for hydroxylation is 1. The molecule has 1 atom stereocenters. The highest BCUT2D eigenvalue weighted by Crippen LogP contribution is 2.18. The molecule has 1 amide bonds. The van der Waals surface area contributed by atoms with Crippen LogP contribution in [0.5, 0.6) is 0 Å². The maximum absolute atomic E-state index is 12.3. The van der Waals surface area contributed by atoms with Gasteiger partial charge in [0.05, 0.1) is 4.90 Å². The van der Waals surface area contributed by atoms with Crippen LogP contribution in [0.15, 0.2) is 34.3 Å². The van der Waals surface area contributed by atoms with Crippen molar-refractivity contribution in [3.63, 3.8) is 0 Å². The minimum Gasteiger partial charge on any atom is -0.444 e. The highest BCUT2D eigenvalue weighted by atomic mass is 32.2. The number of nitrogens with one attached hydrogen (secondary N) is 1. The number of nitrogens with zero attached hydrogens (tertiary/aromatic N) is 2. The predicted octanol–water partition coefficient (Wildman–Crippen LogP) is 2.91. The molecule has 0 saturated carbocycles. The van der Waals surface area contributed by atoms with Crippen LogP contribution < -0.4 is 4.83 Å². The number of hydrazone groups is 1. The minimum atomic E-state index is -3.70. The van der Waals surface area contributed by atoms with E-state index in [0.29, 0.717) is 19.5 Å². The maximum atomic E-state index is 12.3. The lowest BCUT2D eigenvalue weighted by Crippen LogP contribution is -2.45. The molecular weight excluding hydrogens is 354 g/mol. The summed E-state index contributed by atoms with van der Waals surface area (Å²) in [6, 6.07) is 6.58. The van der Waals surface area contributed by atoms with E-state index in [1.807, 2.05) is 34.6 Å². The van der Waals surface area contributed by atoms with Crippen LogP contribution in [-0.4, -0.2) is 43.8 Å². The van der Waals surface area contributed by atoms with Gasteiger partial charge in [0.1, 0.15) is 5.60 Å². The van der Waals surface area contributed by atoms with Crippen molar-refractivity contribution in [2.24, 2.45) is 11.0 Å². The van der Waals surface area contributed by atoms with E-state index in [4.69, 9.17) is 4.74 Å². The minimum absolute atomic E-state index is 0.0583. The smallest absolute Gasteiger partial charge is 0.410 e. The third-order valence-corrected chi connectivity index (χ3v) is 5.22. The van der Waals surface area contributed by atoms with Crippen molar-refractivity contribution in [1.29, 1.82) is 0 Å². The van der Waals surface area contributed by atoms with E-state index in [0.717, 1.165) is 11.3 Å². The summed E-state index contributed by atoms with van der Waals surface area (Å²) in [7, 11) is -3.70. The predicted molar refractivity (Wildman–Crippen MR) is 101 cm³/mol. The molecule has 0 spiro atoms. The summed E-state index contributed by atoms with van der Waals surface area (Å²) in [5.74, 6) is -0.0583. The zero-order chi connectivity index (χ0) is 19.5. The van der Waals surface area contributed by atoms with Crippen LogP contribution in [0.1, 0.15) is 39.7 Å². The van der Waals surface area contributed by atoms with E-state index in [9.17, 15) is 13.2 Å². The van der Waals surface area contributed by atoms with Crippen LogP contribution in [0.2, 0.25) is 0 Å². The molecule has 1 fully saturated rings. The molecule has 0 aromatic heterocycles. The third-order valence-electron chi connectivity index (χ3n) is 3.99. The zero-order valence-corrected chi connectivity index (χ0v) is 16.8. The number of carbonyl (C=O) groups is 1. The molecule has 1 heterocycles. The molecule has 0 aliphatic carbocycles. The lowest BCUT2D eigenvalue weighted by Gasteiger charge is -2.33. The summed E-state index contributed by atoms with van der Waals surface area (Å²) < 4.78 is 30.0. The number of ether oxygens (including phenoxy) is 1. The van der Waals surface area contributed by atoms with Gasteiger partial charge in [0.15, 0.2) is 0 Å². The Morgan fingerprint density at radius 2 is 1.88 bits per heavy atom. The van der Waals surface area contributed by atoms with E-state index in [1.165, 1.54) is 0 Å². The molecule has 1 aromatic rings. The molecule has 1 aliphatic rings. The molecule has 1 unspecified atom stereocenters. The first-order valence-electron chi connectivity index (χ1n) is 8.61. The Morgan fingerprint density at radius 1 is 1.27 bits per heavy atom. The fraction of sp³-hybridized carbons (Fsp3) is 0.556. The van der Waals surface area contributed by atoms with Crippen LogP contribution in [0.25, 0.3) is 0 Å². The highest BCUT2D eigenvalue weighted by molar-refractivity contribution is 7.89. The van der Waals surface area contributed by atoms with Crippen LogP contribution in [0.3, 0.4) is 0 Å². The Bertz CT molecular complexity index is 780. The summed E-state index contributed by atoms with van der Waals surface area (Å²) in [5, 5.41) is 4.10. The normalized spacial score (nSPS) is 20.1. The summed E-state index contributed by atoms with van der Waals surface area (Å²) in [5.41, 5.74) is 1.16. The first-order valence-corrected chi connectivity index (χ1v) is 10.1. The van der Waals surface area contributed by atoms with E-state index < -0.39 is 15.6 Å². The number of hydrogen-bond donors (Lipinski definition) is 1. The molecule has 144 valence electrons. The number of likely N-dealkylation sites (tertiary alicyclic amines) is 1. The Balaban J connectivity index is 2.00. The van der Waals surface area contributed by atoms with Gasteiger partial charge in [0.2, 0.25) is 0 Å². The van der Waals surface area contributed by atoms with Crippen molar-refractivity contribution in [3.05, 3.63) is 29.8 Å². The van der Waals surface area contributed by atoms with Crippen molar-refractivity contribution < 1.29 is 17.9 Å². The van der Waals surface area contributed by atoms with Gasteiger partial charge in [-0.1, -0.05) is 24.6 Å². The van der Waals surface area contributed by atoms with Gasteiger partial charge in [0.25, 0.3) is 10.0 Å². The van der Waals surface area contributed by atoms with E-state index in [-0.39, 0.29) is 16.9 Å². The van der Waals surface area contributed by atoms with Crippen molar-refractivity contribution >= 4 is 21.8 Å². The summed E-state index contributed by atoms with van der Waals surface area (Å²) in [6.07, 6.45) is 0.139. The van der Waals surface area contributed by atoms with E-state index >= 15 is 0 Å². The number of benzene rings is 1. The third kappa shape index (κ3) is 5.45. The summed E-state index contributed by atoms with van der Waals surface area (Å²) >= 11 is 0. The maximum Gasteiger partial charge on any atom is 0.410 e. The van der Waals surface area contributed by atoms with Crippen LogP contribution >= 0.6 is 0 Å². The fourth-order valence-electron chi connectivity index (χ4n) is 2.57. The Morgan fingerprint density at radius 3 is 2.42 bits per heavy atom. The summed E-state index contributed by atoms with van der Waals surface area (Å²) in [6.45, 7) is 10.2. The van der Waals surface area contributed by atoms with Gasteiger partial charge in [-0.3, -0.25) is 0 Å². The van der Waals surface area contributed by atoms with Crippen LogP contribution in [0, 0.1) is 12.8 Å². The van der Waals surface area contributed by atoms with Gasteiger partial charge >= 0.3 is 6.09 Å². The first-order chi connectivity index (χ1) is 12.0. The fourth-order valence-corrected chi connectivity index (χ4v) is 3.41. The largest absolute Gasteiger partial charge is 0.444 e. The van der Waals surface area contributed by atoms with Gasteiger partial charge in [-0.2, -0.15) is 13.5 Å². The molecule has 0 bridgehead atoms. The first kappa shape index (κ1) is 20.2. The van der Waals surface area contributed by atoms with Gasteiger partial charge in [-0.15, -0.1) is 0 Å². The standard InChI is InChI=1S/C18H27N3O4S/c1-13-6-8-15(9-7-13)26(23,24)20-19-16-10-11-21(12-14(16)2)17(22)25-18(3,4)5/h6-9,14,20H,10-12H2,1-5H3. The number of piperidine rings is 1. The van der Waals surface area contributed by atoms with Crippen LogP contribution in [-0.2, 0) is 14.8 Å².